The molecule has 1 fully saturated rings. The Balaban J connectivity index is 1.66. The summed E-state index contributed by atoms with van der Waals surface area (Å²) < 4.78 is 39.5. The SMILES string of the molecule is CCS(=O)(=O)N1CCC(c2nc(C)c3c(n2)N(Cc2cccc(F)c2)C(=O)CC3)C1. The highest BCUT2D eigenvalue weighted by Crippen LogP contribution is 2.33. The summed E-state index contributed by atoms with van der Waals surface area (Å²) in [5, 5.41) is 0. The molecule has 4 rings (SSSR count). The van der Waals surface area contributed by atoms with Crippen LogP contribution >= 0.6 is 0 Å². The minimum Gasteiger partial charge on any atom is -0.292 e. The van der Waals surface area contributed by atoms with E-state index < -0.39 is 10.0 Å². The maximum absolute atomic E-state index is 13.6. The van der Waals surface area contributed by atoms with E-state index in [2.05, 4.69) is 4.98 Å². The summed E-state index contributed by atoms with van der Waals surface area (Å²) in [7, 11) is -3.25. The maximum atomic E-state index is 13.6. The number of halogens is 1. The first-order chi connectivity index (χ1) is 14.3. The highest BCUT2D eigenvalue weighted by Gasteiger charge is 2.35. The number of hydrogen-bond acceptors (Lipinski definition) is 5. The van der Waals surface area contributed by atoms with Gasteiger partial charge in [0.2, 0.25) is 15.9 Å². The predicted octanol–water partition coefficient (Wildman–Crippen LogP) is 2.54. The number of nitrogens with zero attached hydrogens (tertiary/aromatic N) is 4. The number of rotatable bonds is 5. The third-order valence-electron chi connectivity index (χ3n) is 5.86. The first kappa shape index (κ1) is 20.9. The summed E-state index contributed by atoms with van der Waals surface area (Å²) in [5.74, 6) is 0.689. The Morgan fingerprint density at radius 1 is 1.23 bits per heavy atom. The van der Waals surface area contributed by atoms with Gasteiger partial charge in [0, 0.05) is 36.7 Å². The quantitative estimate of drug-likeness (QED) is 0.725. The molecule has 1 unspecified atom stereocenters. The highest BCUT2D eigenvalue weighted by atomic mass is 32.2. The van der Waals surface area contributed by atoms with Gasteiger partial charge < -0.3 is 0 Å². The van der Waals surface area contributed by atoms with Crippen LogP contribution in [0.1, 0.15) is 48.3 Å². The van der Waals surface area contributed by atoms with E-state index in [1.54, 1.807) is 24.0 Å². The van der Waals surface area contributed by atoms with Gasteiger partial charge in [-0.25, -0.2) is 27.1 Å². The van der Waals surface area contributed by atoms with Crippen LogP contribution in [0.2, 0.25) is 0 Å². The standard InChI is InChI=1S/C21H25FN4O3S/c1-3-30(28,29)25-10-9-16(13-25)20-23-14(2)18-7-8-19(27)26(21(18)24-20)12-15-5-4-6-17(22)11-15/h4-6,11,16H,3,7-10,12-13H2,1-2H3. The zero-order chi connectivity index (χ0) is 21.5. The number of amides is 1. The average molecular weight is 433 g/mol. The maximum Gasteiger partial charge on any atom is 0.228 e. The Kier molecular flexibility index (Phi) is 5.59. The van der Waals surface area contributed by atoms with Gasteiger partial charge in [-0.1, -0.05) is 12.1 Å². The molecule has 9 heteroatoms. The molecule has 2 aromatic rings. The molecule has 30 heavy (non-hydrogen) atoms. The number of aryl methyl sites for hydroxylation is 1. The summed E-state index contributed by atoms with van der Waals surface area (Å²) in [6.07, 6.45) is 1.58. The minimum atomic E-state index is -3.25. The van der Waals surface area contributed by atoms with Crippen molar-refractivity contribution in [2.45, 2.75) is 45.6 Å². The largest absolute Gasteiger partial charge is 0.292 e. The molecule has 2 aliphatic heterocycles. The van der Waals surface area contributed by atoms with Crippen molar-refractivity contribution in [2.75, 3.05) is 23.7 Å². The van der Waals surface area contributed by atoms with Crippen LogP contribution in [0.25, 0.3) is 0 Å². The van der Waals surface area contributed by atoms with E-state index in [-0.39, 0.29) is 29.9 Å². The van der Waals surface area contributed by atoms with Crippen molar-refractivity contribution < 1.29 is 17.6 Å². The second-order valence-electron chi connectivity index (χ2n) is 7.82. The van der Waals surface area contributed by atoms with Crippen molar-refractivity contribution in [2.24, 2.45) is 0 Å². The van der Waals surface area contributed by atoms with Crippen molar-refractivity contribution >= 4 is 21.7 Å². The van der Waals surface area contributed by atoms with E-state index in [0.717, 1.165) is 11.3 Å². The first-order valence-electron chi connectivity index (χ1n) is 10.2. The van der Waals surface area contributed by atoms with Gasteiger partial charge in [-0.2, -0.15) is 0 Å². The van der Waals surface area contributed by atoms with E-state index in [1.165, 1.54) is 16.4 Å². The number of carbonyl (C=O) groups excluding carboxylic acids is 1. The molecule has 0 saturated carbocycles. The van der Waals surface area contributed by atoms with E-state index in [0.29, 0.717) is 49.6 Å². The minimum absolute atomic E-state index is 0.0579. The lowest BCUT2D eigenvalue weighted by Crippen LogP contribution is -2.36. The summed E-state index contributed by atoms with van der Waals surface area (Å²) in [6.45, 7) is 4.58. The van der Waals surface area contributed by atoms with Crippen LogP contribution < -0.4 is 4.90 Å². The second kappa shape index (κ2) is 8.03. The topological polar surface area (TPSA) is 83.5 Å². The van der Waals surface area contributed by atoms with Gasteiger partial charge in [-0.15, -0.1) is 0 Å². The van der Waals surface area contributed by atoms with E-state index in [1.807, 2.05) is 6.92 Å². The lowest BCUT2D eigenvalue weighted by molar-refractivity contribution is -0.119. The molecule has 1 aromatic heterocycles. The van der Waals surface area contributed by atoms with Crippen LogP contribution in [0, 0.1) is 12.7 Å². The molecule has 1 saturated heterocycles. The molecule has 0 bridgehead atoms. The van der Waals surface area contributed by atoms with Crippen molar-refractivity contribution in [1.82, 2.24) is 14.3 Å². The van der Waals surface area contributed by atoms with Gasteiger partial charge in [-0.05, 0) is 44.4 Å². The monoisotopic (exact) mass is 432 g/mol. The fourth-order valence-electron chi connectivity index (χ4n) is 4.14. The van der Waals surface area contributed by atoms with Crippen molar-refractivity contribution in [1.29, 1.82) is 0 Å². The number of aromatic nitrogens is 2. The van der Waals surface area contributed by atoms with Crippen LogP contribution in [-0.4, -0.2) is 47.4 Å². The summed E-state index contributed by atoms with van der Waals surface area (Å²) in [5.41, 5.74) is 2.42. The molecule has 0 N–H and O–H groups in total. The Morgan fingerprint density at radius 3 is 2.77 bits per heavy atom. The molecule has 160 valence electrons. The van der Waals surface area contributed by atoms with Crippen LogP contribution in [0.4, 0.5) is 10.2 Å². The van der Waals surface area contributed by atoms with Crippen LogP contribution in [0.3, 0.4) is 0 Å². The Morgan fingerprint density at radius 2 is 2.03 bits per heavy atom. The van der Waals surface area contributed by atoms with Crippen molar-refractivity contribution in [3.8, 4) is 0 Å². The second-order valence-corrected chi connectivity index (χ2v) is 10.1. The zero-order valence-electron chi connectivity index (χ0n) is 17.1. The normalized spacial score (nSPS) is 19.9. The molecule has 0 radical (unpaired) electrons. The zero-order valence-corrected chi connectivity index (χ0v) is 18.0. The van der Waals surface area contributed by atoms with Gasteiger partial charge in [0.1, 0.15) is 17.5 Å². The Hall–Kier alpha value is -2.39. The van der Waals surface area contributed by atoms with Gasteiger partial charge in [0.05, 0.1) is 12.3 Å². The number of carbonyl (C=O) groups is 1. The third-order valence-corrected chi connectivity index (χ3v) is 7.71. The van der Waals surface area contributed by atoms with Crippen LogP contribution in [-0.2, 0) is 27.8 Å². The van der Waals surface area contributed by atoms with Crippen molar-refractivity contribution in [3.05, 3.63) is 52.7 Å². The number of sulfonamides is 1. The molecule has 1 amide bonds. The predicted molar refractivity (Wildman–Crippen MR) is 111 cm³/mol. The molecule has 2 aliphatic rings. The van der Waals surface area contributed by atoms with Gasteiger partial charge in [0.25, 0.3) is 0 Å². The lowest BCUT2D eigenvalue weighted by Gasteiger charge is -2.30. The fourth-order valence-corrected chi connectivity index (χ4v) is 5.30. The molecule has 1 aromatic carbocycles. The van der Waals surface area contributed by atoms with Crippen LogP contribution in [0.15, 0.2) is 24.3 Å². The average Bonchev–Trinajstić information content (AvgIpc) is 3.21. The summed E-state index contributed by atoms with van der Waals surface area (Å²) >= 11 is 0. The smallest absolute Gasteiger partial charge is 0.228 e. The van der Waals surface area contributed by atoms with E-state index >= 15 is 0 Å². The lowest BCUT2D eigenvalue weighted by atomic mass is 10.0. The summed E-state index contributed by atoms with van der Waals surface area (Å²) in [4.78, 5) is 23.7. The summed E-state index contributed by atoms with van der Waals surface area (Å²) in [6, 6.07) is 6.19. The molecular weight excluding hydrogens is 407 g/mol. The Bertz CT molecular complexity index is 1090. The van der Waals surface area contributed by atoms with Crippen molar-refractivity contribution in [3.63, 3.8) is 0 Å². The first-order valence-corrected chi connectivity index (χ1v) is 11.8. The number of benzene rings is 1. The molecular formula is C21H25FN4O3S. The third kappa shape index (κ3) is 3.96. The number of hydrogen-bond donors (Lipinski definition) is 0. The van der Waals surface area contributed by atoms with Gasteiger partial charge >= 0.3 is 0 Å². The Labute approximate surface area is 176 Å². The van der Waals surface area contributed by atoms with E-state index in [9.17, 15) is 17.6 Å². The van der Waals surface area contributed by atoms with Gasteiger partial charge in [0.15, 0.2) is 0 Å². The number of anilines is 1. The highest BCUT2D eigenvalue weighted by molar-refractivity contribution is 7.89. The van der Waals surface area contributed by atoms with E-state index in [4.69, 9.17) is 4.98 Å². The fraction of sp³-hybridized carbons (Fsp3) is 0.476. The molecule has 1 atom stereocenters. The van der Waals surface area contributed by atoms with Gasteiger partial charge in [-0.3, -0.25) is 9.69 Å². The molecule has 0 spiro atoms. The molecule has 3 heterocycles. The molecule has 7 nitrogen and oxygen atoms in total. The number of fused-ring (bicyclic) bond motifs is 1. The molecule has 0 aliphatic carbocycles. The van der Waals surface area contributed by atoms with Crippen LogP contribution in [0.5, 0.6) is 0 Å².